The van der Waals surface area contributed by atoms with Gasteiger partial charge in [-0.05, 0) is 25.8 Å². The lowest BCUT2D eigenvalue weighted by Crippen LogP contribution is -2.53. The first-order valence-electron chi connectivity index (χ1n) is 8.32. The molecule has 22 heavy (non-hydrogen) atoms. The Hall–Kier alpha value is -1.40. The minimum Gasteiger partial charge on any atom is -0.368 e. The van der Waals surface area contributed by atoms with Crippen LogP contribution in [-0.4, -0.2) is 64.1 Å². The second-order valence-electron chi connectivity index (χ2n) is 6.18. The number of carbonyl (C=O) groups is 1. The number of hydrogen-bond donors (Lipinski definition) is 0. The number of aromatic nitrogens is 2. The van der Waals surface area contributed by atoms with Crippen LogP contribution in [0.4, 0.5) is 0 Å². The van der Waals surface area contributed by atoms with E-state index >= 15 is 0 Å². The number of piperazine rings is 1. The van der Waals surface area contributed by atoms with Gasteiger partial charge < -0.3 is 14.2 Å². The van der Waals surface area contributed by atoms with Gasteiger partial charge in [-0.3, -0.25) is 9.69 Å². The summed E-state index contributed by atoms with van der Waals surface area (Å²) in [5.74, 6) is 1.19. The Balaban J connectivity index is 1.72. The molecule has 2 fully saturated rings. The fourth-order valence-corrected chi connectivity index (χ4v) is 3.48. The maximum atomic E-state index is 12.7. The van der Waals surface area contributed by atoms with Crippen LogP contribution in [0, 0.1) is 0 Å². The molecule has 2 atom stereocenters. The zero-order valence-corrected chi connectivity index (χ0v) is 13.6. The molecule has 1 aromatic rings. The van der Waals surface area contributed by atoms with Crippen LogP contribution >= 0.6 is 0 Å². The molecule has 0 unspecified atom stereocenters. The molecule has 0 saturated carbocycles. The van der Waals surface area contributed by atoms with Crippen molar-refractivity contribution in [1.82, 2.24) is 19.4 Å². The second kappa shape index (κ2) is 6.79. The van der Waals surface area contributed by atoms with E-state index in [0.29, 0.717) is 13.2 Å². The van der Waals surface area contributed by atoms with Gasteiger partial charge in [-0.1, -0.05) is 6.92 Å². The number of carbonyl (C=O) groups excluding carboxylic acids is 1. The topological polar surface area (TPSA) is 50.6 Å². The van der Waals surface area contributed by atoms with E-state index in [1.165, 1.54) is 0 Å². The number of imidazole rings is 1. The van der Waals surface area contributed by atoms with Crippen LogP contribution < -0.4 is 0 Å². The predicted molar refractivity (Wildman–Crippen MR) is 83.4 cm³/mol. The zero-order valence-electron chi connectivity index (χ0n) is 13.6. The van der Waals surface area contributed by atoms with E-state index in [-0.39, 0.29) is 18.1 Å². The Labute approximate surface area is 132 Å². The molecule has 1 amide bonds. The first kappa shape index (κ1) is 15.5. The highest BCUT2D eigenvalue weighted by molar-refractivity contribution is 5.81. The molecule has 3 heterocycles. The molecule has 2 saturated heterocycles. The van der Waals surface area contributed by atoms with Crippen LogP contribution in [-0.2, 0) is 16.6 Å². The van der Waals surface area contributed by atoms with E-state index in [0.717, 1.165) is 44.7 Å². The van der Waals surface area contributed by atoms with Crippen molar-refractivity contribution >= 4 is 5.91 Å². The summed E-state index contributed by atoms with van der Waals surface area (Å²) in [7, 11) is 2.02. The first-order chi connectivity index (χ1) is 10.7. The number of ether oxygens (including phenoxy) is 1. The third-order valence-corrected chi connectivity index (χ3v) is 4.82. The van der Waals surface area contributed by atoms with Crippen molar-refractivity contribution in [3.05, 3.63) is 18.2 Å². The highest BCUT2D eigenvalue weighted by atomic mass is 16.5. The molecule has 6 heteroatoms. The third kappa shape index (κ3) is 3.03. The van der Waals surface area contributed by atoms with E-state index in [2.05, 4.69) is 21.4 Å². The molecule has 0 spiro atoms. The number of rotatable bonds is 3. The Morgan fingerprint density at radius 3 is 2.91 bits per heavy atom. The second-order valence-corrected chi connectivity index (χ2v) is 6.18. The summed E-state index contributed by atoms with van der Waals surface area (Å²) in [6, 6.07) is 0.172. The number of hydrogen-bond acceptors (Lipinski definition) is 4. The molecule has 3 rings (SSSR count). The monoisotopic (exact) mass is 306 g/mol. The summed E-state index contributed by atoms with van der Waals surface area (Å²) in [6.07, 6.45) is 6.59. The fourth-order valence-electron chi connectivity index (χ4n) is 3.48. The zero-order chi connectivity index (χ0) is 15.5. The highest BCUT2D eigenvalue weighted by Crippen LogP contribution is 2.25. The van der Waals surface area contributed by atoms with Gasteiger partial charge in [0.25, 0.3) is 5.91 Å². The summed E-state index contributed by atoms with van der Waals surface area (Å²) in [6.45, 7) is 6.24. The maximum Gasteiger partial charge on any atom is 0.251 e. The number of aryl methyl sites for hydroxylation is 1. The van der Waals surface area contributed by atoms with Crippen molar-refractivity contribution < 1.29 is 9.53 Å². The molecule has 122 valence electrons. The van der Waals surface area contributed by atoms with Crippen molar-refractivity contribution in [2.45, 2.75) is 38.3 Å². The van der Waals surface area contributed by atoms with Gasteiger partial charge >= 0.3 is 0 Å². The molecule has 0 radical (unpaired) electrons. The molecular weight excluding hydrogens is 280 g/mol. The van der Waals surface area contributed by atoms with Crippen LogP contribution in [0.5, 0.6) is 0 Å². The molecule has 0 aromatic carbocycles. The predicted octanol–water partition coefficient (Wildman–Crippen LogP) is 1.19. The summed E-state index contributed by atoms with van der Waals surface area (Å²) < 4.78 is 7.72. The Morgan fingerprint density at radius 1 is 1.41 bits per heavy atom. The smallest absolute Gasteiger partial charge is 0.251 e. The van der Waals surface area contributed by atoms with Crippen LogP contribution in [0.15, 0.2) is 12.4 Å². The maximum absolute atomic E-state index is 12.7. The summed E-state index contributed by atoms with van der Waals surface area (Å²) in [5, 5.41) is 0. The van der Waals surface area contributed by atoms with Crippen LogP contribution in [0.2, 0.25) is 0 Å². The Bertz CT molecular complexity index is 510. The molecular formula is C16H26N4O2. The van der Waals surface area contributed by atoms with Gasteiger partial charge in [-0.15, -0.1) is 0 Å². The van der Waals surface area contributed by atoms with E-state index in [9.17, 15) is 4.79 Å². The lowest BCUT2D eigenvalue weighted by Gasteiger charge is -2.41. The SMILES string of the molecule is CCN1CCN(C(=O)[C@@H]2CCCCO2)C[C@H]1c1nccn1C. The summed E-state index contributed by atoms with van der Waals surface area (Å²) in [5.41, 5.74) is 0. The van der Waals surface area contributed by atoms with Crippen molar-refractivity contribution in [2.75, 3.05) is 32.8 Å². The van der Waals surface area contributed by atoms with Gasteiger partial charge in [0.15, 0.2) is 0 Å². The summed E-state index contributed by atoms with van der Waals surface area (Å²) >= 11 is 0. The fraction of sp³-hybridized carbons (Fsp3) is 0.750. The standard InChI is InChI=1S/C16H26N4O2/c1-3-19-9-10-20(16(21)14-6-4-5-11-22-14)12-13(19)15-17-7-8-18(15)2/h7-8,13-14H,3-6,9-12H2,1-2H3/t13-,14-/m0/s1. The molecule has 2 aliphatic rings. The lowest BCUT2D eigenvalue weighted by atomic mass is 10.1. The van der Waals surface area contributed by atoms with Crippen LogP contribution in [0.1, 0.15) is 38.1 Å². The average molecular weight is 306 g/mol. The van der Waals surface area contributed by atoms with Gasteiger partial charge in [0, 0.05) is 45.7 Å². The Morgan fingerprint density at radius 2 is 2.27 bits per heavy atom. The highest BCUT2D eigenvalue weighted by Gasteiger charge is 2.35. The molecule has 0 N–H and O–H groups in total. The van der Waals surface area contributed by atoms with Crippen molar-refractivity contribution in [2.24, 2.45) is 7.05 Å². The van der Waals surface area contributed by atoms with Crippen molar-refractivity contribution in [3.8, 4) is 0 Å². The lowest BCUT2D eigenvalue weighted by molar-refractivity contribution is -0.149. The normalized spacial score (nSPS) is 27.1. The minimum absolute atomic E-state index is 0.162. The van der Waals surface area contributed by atoms with Gasteiger partial charge in [0.2, 0.25) is 0 Å². The number of likely N-dealkylation sites (N-methyl/N-ethyl adjacent to an activating group) is 1. The first-order valence-corrected chi connectivity index (χ1v) is 8.32. The molecule has 0 bridgehead atoms. The Kier molecular flexibility index (Phi) is 4.78. The quantitative estimate of drug-likeness (QED) is 0.842. The van der Waals surface area contributed by atoms with Crippen LogP contribution in [0.3, 0.4) is 0 Å². The minimum atomic E-state index is -0.232. The number of amides is 1. The van der Waals surface area contributed by atoms with E-state index in [1.54, 1.807) is 0 Å². The van der Waals surface area contributed by atoms with Gasteiger partial charge in [0.05, 0.1) is 6.04 Å². The summed E-state index contributed by atoms with van der Waals surface area (Å²) in [4.78, 5) is 21.6. The molecule has 1 aromatic heterocycles. The number of nitrogens with zero attached hydrogens (tertiary/aromatic N) is 4. The van der Waals surface area contributed by atoms with E-state index in [1.807, 2.05) is 24.3 Å². The van der Waals surface area contributed by atoms with Gasteiger partial charge in [-0.25, -0.2) is 4.98 Å². The average Bonchev–Trinajstić information content (AvgIpc) is 3.00. The van der Waals surface area contributed by atoms with Gasteiger partial charge in [-0.2, -0.15) is 0 Å². The largest absolute Gasteiger partial charge is 0.368 e. The molecule has 2 aliphatic heterocycles. The molecule has 6 nitrogen and oxygen atoms in total. The van der Waals surface area contributed by atoms with Crippen LogP contribution in [0.25, 0.3) is 0 Å². The van der Waals surface area contributed by atoms with E-state index < -0.39 is 0 Å². The molecule has 0 aliphatic carbocycles. The van der Waals surface area contributed by atoms with E-state index in [4.69, 9.17) is 4.74 Å². The van der Waals surface area contributed by atoms with Crippen molar-refractivity contribution in [1.29, 1.82) is 0 Å². The van der Waals surface area contributed by atoms with Crippen molar-refractivity contribution in [3.63, 3.8) is 0 Å². The van der Waals surface area contributed by atoms with Gasteiger partial charge in [0.1, 0.15) is 11.9 Å². The third-order valence-electron chi connectivity index (χ3n) is 4.82.